The fourth-order valence-corrected chi connectivity index (χ4v) is 0.551. The number of hydrogen-bond donors (Lipinski definition) is 3. The number of rotatable bonds is 0. The molecular formula is C4H9NO3. The Labute approximate surface area is 47.1 Å². The fourth-order valence-electron chi connectivity index (χ4n) is 0.551. The molecule has 2 atom stereocenters. The molecule has 1 fully saturated rings. The Balaban J connectivity index is 2.28. The minimum atomic E-state index is -0.816. The van der Waals surface area contributed by atoms with Crippen LogP contribution in [-0.2, 0) is 4.74 Å². The van der Waals surface area contributed by atoms with Crippen LogP contribution in [0.15, 0.2) is 0 Å². The summed E-state index contributed by atoms with van der Waals surface area (Å²) in [7, 11) is 0. The van der Waals surface area contributed by atoms with E-state index in [2.05, 4.69) is 5.32 Å². The second-order valence-electron chi connectivity index (χ2n) is 1.73. The van der Waals surface area contributed by atoms with E-state index < -0.39 is 12.3 Å². The Bertz CT molecular complexity index is 67.7. The normalized spacial score (nSPS) is 39.8. The lowest BCUT2D eigenvalue weighted by Gasteiger charge is -2.24. The van der Waals surface area contributed by atoms with E-state index in [9.17, 15) is 0 Å². The lowest BCUT2D eigenvalue weighted by molar-refractivity contribution is -0.106. The summed E-state index contributed by atoms with van der Waals surface area (Å²) in [5.74, 6) is 0. The highest BCUT2D eigenvalue weighted by molar-refractivity contribution is 4.65. The van der Waals surface area contributed by atoms with Gasteiger partial charge >= 0.3 is 0 Å². The Hall–Kier alpha value is -0.160. The van der Waals surface area contributed by atoms with Gasteiger partial charge in [-0.25, -0.2) is 0 Å². The zero-order valence-electron chi connectivity index (χ0n) is 4.37. The molecule has 0 spiro atoms. The molecule has 0 aromatic heterocycles. The Morgan fingerprint density at radius 1 is 1.50 bits per heavy atom. The number of aliphatic hydroxyl groups is 2. The number of ether oxygens (including phenoxy) is 1. The molecule has 0 aliphatic carbocycles. The molecule has 0 bridgehead atoms. The third-order valence-electron chi connectivity index (χ3n) is 1.05. The summed E-state index contributed by atoms with van der Waals surface area (Å²) >= 11 is 0. The molecule has 4 nitrogen and oxygen atoms in total. The third-order valence-corrected chi connectivity index (χ3v) is 1.05. The van der Waals surface area contributed by atoms with E-state index in [0.29, 0.717) is 6.73 Å². The van der Waals surface area contributed by atoms with Crippen LogP contribution in [0.3, 0.4) is 0 Å². The molecule has 1 heterocycles. The van der Waals surface area contributed by atoms with Crippen LogP contribution in [-0.4, -0.2) is 35.9 Å². The molecule has 1 aliphatic rings. The zero-order valence-corrected chi connectivity index (χ0v) is 4.37. The summed E-state index contributed by atoms with van der Waals surface area (Å²) in [5, 5.41) is 20.0. The van der Waals surface area contributed by atoms with Gasteiger partial charge in [-0.2, -0.15) is 0 Å². The lowest BCUT2D eigenvalue weighted by Crippen LogP contribution is -2.48. The predicted octanol–water partition coefficient (Wildman–Crippen LogP) is -1.76. The summed E-state index contributed by atoms with van der Waals surface area (Å²) in [5.41, 5.74) is 0. The van der Waals surface area contributed by atoms with Gasteiger partial charge in [-0.1, -0.05) is 0 Å². The molecule has 4 heteroatoms. The van der Waals surface area contributed by atoms with Crippen LogP contribution in [0.4, 0.5) is 0 Å². The highest BCUT2D eigenvalue weighted by Crippen LogP contribution is 1.95. The van der Waals surface area contributed by atoms with Gasteiger partial charge in [-0.05, 0) is 0 Å². The van der Waals surface area contributed by atoms with Gasteiger partial charge in [0.05, 0.1) is 13.3 Å². The van der Waals surface area contributed by atoms with E-state index in [-0.39, 0.29) is 6.61 Å². The first-order chi connectivity index (χ1) is 3.80. The molecule has 0 radical (unpaired) electrons. The molecule has 1 aliphatic heterocycles. The Morgan fingerprint density at radius 3 is 2.62 bits per heavy atom. The Kier molecular flexibility index (Phi) is 1.80. The fraction of sp³-hybridized carbons (Fsp3) is 1.00. The van der Waals surface area contributed by atoms with Gasteiger partial charge in [0, 0.05) is 0 Å². The van der Waals surface area contributed by atoms with E-state index in [0.717, 1.165) is 0 Å². The quantitative estimate of drug-likeness (QED) is 0.353. The first-order valence-electron chi connectivity index (χ1n) is 2.48. The minimum Gasteiger partial charge on any atom is -0.387 e. The van der Waals surface area contributed by atoms with Crippen LogP contribution in [0.25, 0.3) is 0 Å². The van der Waals surface area contributed by atoms with E-state index in [1.807, 2.05) is 0 Å². The highest BCUT2D eigenvalue weighted by Gasteiger charge is 2.19. The van der Waals surface area contributed by atoms with Crippen molar-refractivity contribution in [1.82, 2.24) is 5.32 Å². The standard InChI is InChI=1S/C4H9NO3/c6-3-1-8-2-5-4(3)7/h3-7H,1-2H2. The molecule has 48 valence electrons. The maximum atomic E-state index is 8.74. The van der Waals surface area contributed by atoms with Crippen LogP contribution in [0.5, 0.6) is 0 Å². The van der Waals surface area contributed by atoms with Gasteiger partial charge in [0.1, 0.15) is 12.3 Å². The van der Waals surface area contributed by atoms with Gasteiger partial charge in [-0.3, -0.25) is 5.32 Å². The molecule has 0 aromatic carbocycles. The van der Waals surface area contributed by atoms with Crippen LogP contribution in [0.1, 0.15) is 0 Å². The van der Waals surface area contributed by atoms with Crippen LogP contribution in [0.2, 0.25) is 0 Å². The van der Waals surface area contributed by atoms with Crippen molar-refractivity contribution < 1.29 is 14.9 Å². The maximum absolute atomic E-state index is 8.74. The first kappa shape index (κ1) is 5.97. The zero-order chi connectivity index (χ0) is 5.98. The maximum Gasteiger partial charge on any atom is 0.135 e. The summed E-state index contributed by atoms with van der Waals surface area (Å²) in [4.78, 5) is 0. The van der Waals surface area contributed by atoms with E-state index in [1.54, 1.807) is 0 Å². The molecule has 0 amide bonds. The molecular weight excluding hydrogens is 110 g/mol. The first-order valence-corrected chi connectivity index (χ1v) is 2.48. The largest absolute Gasteiger partial charge is 0.387 e. The smallest absolute Gasteiger partial charge is 0.135 e. The van der Waals surface area contributed by atoms with E-state index in [1.165, 1.54) is 0 Å². The third kappa shape index (κ3) is 1.16. The summed E-state index contributed by atoms with van der Waals surface area (Å²) in [6.45, 7) is 0.534. The van der Waals surface area contributed by atoms with Crippen molar-refractivity contribution in [2.24, 2.45) is 0 Å². The summed E-state index contributed by atoms with van der Waals surface area (Å²) in [6.07, 6.45) is -1.59. The van der Waals surface area contributed by atoms with Crippen molar-refractivity contribution in [2.45, 2.75) is 12.3 Å². The summed E-state index contributed by atoms with van der Waals surface area (Å²) < 4.78 is 4.73. The van der Waals surface area contributed by atoms with Gasteiger partial charge in [0.2, 0.25) is 0 Å². The topological polar surface area (TPSA) is 61.7 Å². The molecule has 2 unspecified atom stereocenters. The SMILES string of the molecule is OC1COCNC1O. The monoisotopic (exact) mass is 119 g/mol. The molecule has 1 rings (SSSR count). The number of hydrogen-bond acceptors (Lipinski definition) is 4. The predicted molar refractivity (Wildman–Crippen MR) is 26.0 cm³/mol. The number of aliphatic hydroxyl groups excluding tert-OH is 2. The molecule has 3 N–H and O–H groups in total. The Morgan fingerprint density at radius 2 is 2.25 bits per heavy atom. The van der Waals surface area contributed by atoms with Gasteiger partial charge < -0.3 is 14.9 Å². The molecule has 0 saturated carbocycles. The second-order valence-corrected chi connectivity index (χ2v) is 1.73. The highest BCUT2D eigenvalue weighted by atomic mass is 16.5. The van der Waals surface area contributed by atoms with Crippen LogP contribution in [0, 0.1) is 0 Å². The van der Waals surface area contributed by atoms with Crippen molar-refractivity contribution in [3.05, 3.63) is 0 Å². The van der Waals surface area contributed by atoms with Crippen molar-refractivity contribution >= 4 is 0 Å². The van der Waals surface area contributed by atoms with Crippen molar-refractivity contribution in [3.63, 3.8) is 0 Å². The van der Waals surface area contributed by atoms with Crippen LogP contribution < -0.4 is 5.32 Å². The van der Waals surface area contributed by atoms with Crippen molar-refractivity contribution in [3.8, 4) is 0 Å². The van der Waals surface area contributed by atoms with Gasteiger partial charge in [0.25, 0.3) is 0 Å². The second kappa shape index (κ2) is 2.41. The van der Waals surface area contributed by atoms with Gasteiger partial charge in [-0.15, -0.1) is 0 Å². The molecule has 0 aromatic rings. The number of nitrogens with one attached hydrogen (secondary N) is 1. The average molecular weight is 119 g/mol. The van der Waals surface area contributed by atoms with Gasteiger partial charge in [0.15, 0.2) is 0 Å². The van der Waals surface area contributed by atoms with Crippen molar-refractivity contribution in [1.29, 1.82) is 0 Å². The lowest BCUT2D eigenvalue weighted by atomic mass is 10.3. The molecule has 1 saturated heterocycles. The van der Waals surface area contributed by atoms with Crippen LogP contribution >= 0.6 is 0 Å². The molecule has 8 heavy (non-hydrogen) atoms. The van der Waals surface area contributed by atoms with Crippen molar-refractivity contribution in [2.75, 3.05) is 13.3 Å². The minimum absolute atomic E-state index is 0.216. The van der Waals surface area contributed by atoms with E-state index >= 15 is 0 Å². The average Bonchev–Trinajstić information content (AvgIpc) is 1.77. The summed E-state index contributed by atoms with van der Waals surface area (Å²) in [6, 6.07) is 0. The van der Waals surface area contributed by atoms with E-state index in [4.69, 9.17) is 14.9 Å².